The molecule has 0 unspecified atom stereocenters. The molecular formula is C22H33N3O2. The number of morpholine rings is 1. The third-order valence-corrected chi connectivity index (χ3v) is 6.42. The van der Waals surface area contributed by atoms with Crippen LogP contribution in [0.1, 0.15) is 56.6 Å². The summed E-state index contributed by atoms with van der Waals surface area (Å²) in [5, 5.41) is 6.88. The van der Waals surface area contributed by atoms with Crippen molar-refractivity contribution in [3.8, 4) is 0 Å². The van der Waals surface area contributed by atoms with Gasteiger partial charge in [0.05, 0.1) is 13.2 Å². The third-order valence-electron chi connectivity index (χ3n) is 6.42. The van der Waals surface area contributed by atoms with E-state index < -0.39 is 0 Å². The minimum absolute atomic E-state index is 0.122. The van der Waals surface area contributed by atoms with Gasteiger partial charge in [-0.05, 0) is 31.2 Å². The van der Waals surface area contributed by atoms with Gasteiger partial charge in [-0.25, -0.2) is 0 Å². The maximum Gasteiger partial charge on any atom is 0.241 e. The number of carbonyl (C=O) groups is 1. The van der Waals surface area contributed by atoms with E-state index in [1.165, 1.54) is 32.1 Å². The molecule has 0 radical (unpaired) electrons. The van der Waals surface area contributed by atoms with Crippen LogP contribution in [0.2, 0.25) is 0 Å². The number of nitrogens with zero attached hydrogens (tertiary/aromatic N) is 1. The van der Waals surface area contributed by atoms with E-state index in [-0.39, 0.29) is 17.5 Å². The number of nitrogens with one attached hydrogen (secondary N) is 2. The highest BCUT2D eigenvalue weighted by molar-refractivity contribution is 5.83. The third kappa shape index (κ3) is 4.71. The van der Waals surface area contributed by atoms with Gasteiger partial charge in [0.2, 0.25) is 5.91 Å². The summed E-state index contributed by atoms with van der Waals surface area (Å²) in [5.74, 6) is 0.122. The van der Waals surface area contributed by atoms with Crippen molar-refractivity contribution in [1.29, 1.82) is 0 Å². The highest BCUT2D eigenvalue weighted by Crippen LogP contribution is 2.34. The Morgan fingerprint density at radius 3 is 2.48 bits per heavy atom. The Bertz CT molecular complexity index is 605. The molecular weight excluding hydrogens is 338 g/mol. The zero-order valence-electron chi connectivity index (χ0n) is 16.3. The normalized spacial score (nSPS) is 24.3. The predicted molar refractivity (Wildman–Crippen MR) is 107 cm³/mol. The molecule has 3 aliphatic rings. The average molecular weight is 372 g/mol. The summed E-state index contributed by atoms with van der Waals surface area (Å²) in [7, 11) is 0. The number of rotatable bonds is 7. The van der Waals surface area contributed by atoms with Crippen molar-refractivity contribution >= 4 is 5.91 Å². The van der Waals surface area contributed by atoms with Crippen LogP contribution in [0.15, 0.2) is 30.3 Å². The van der Waals surface area contributed by atoms with E-state index in [2.05, 4.69) is 27.7 Å². The van der Waals surface area contributed by atoms with Crippen molar-refractivity contribution in [2.24, 2.45) is 0 Å². The van der Waals surface area contributed by atoms with Gasteiger partial charge in [-0.2, -0.15) is 0 Å². The molecule has 1 aliphatic heterocycles. The van der Waals surface area contributed by atoms with Crippen LogP contribution in [0.25, 0.3) is 0 Å². The maximum absolute atomic E-state index is 12.9. The summed E-state index contributed by atoms with van der Waals surface area (Å²) in [6, 6.07) is 10.3. The van der Waals surface area contributed by atoms with Crippen molar-refractivity contribution in [2.45, 2.75) is 62.6 Å². The van der Waals surface area contributed by atoms with Crippen molar-refractivity contribution in [3.05, 3.63) is 35.9 Å². The average Bonchev–Trinajstić information content (AvgIpc) is 3.54. The summed E-state index contributed by atoms with van der Waals surface area (Å²) >= 11 is 0. The smallest absolute Gasteiger partial charge is 0.241 e. The van der Waals surface area contributed by atoms with Gasteiger partial charge in [-0.3, -0.25) is 9.69 Å². The fourth-order valence-corrected chi connectivity index (χ4v) is 4.66. The van der Waals surface area contributed by atoms with Crippen LogP contribution in [0.4, 0.5) is 0 Å². The van der Waals surface area contributed by atoms with E-state index in [0.717, 1.165) is 51.3 Å². The summed E-state index contributed by atoms with van der Waals surface area (Å²) in [4.78, 5) is 15.6. The van der Waals surface area contributed by atoms with Crippen LogP contribution in [0.5, 0.6) is 0 Å². The van der Waals surface area contributed by atoms with Gasteiger partial charge >= 0.3 is 0 Å². The van der Waals surface area contributed by atoms with Crippen molar-refractivity contribution in [3.63, 3.8) is 0 Å². The van der Waals surface area contributed by atoms with Crippen molar-refractivity contribution in [1.82, 2.24) is 15.5 Å². The summed E-state index contributed by atoms with van der Waals surface area (Å²) in [6.45, 7) is 4.53. The Kier molecular flexibility index (Phi) is 6.11. The van der Waals surface area contributed by atoms with Crippen LogP contribution in [0, 0.1) is 0 Å². The molecule has 148 valence electrons. The lowest BCUT2D eigenvalue weighted by atomic mass is 9.79. The fourth-order valence-electron chi connectivity index (χ4n) is 4.66. The van der Waals surface area contributed by atoms with E-state index in [1.54, 1.807) is 0 Å². The Morgan fingerprint density at radius 2 is 1.81 bits per heavy atom. The Hall–Kier alpha value is -1.43. The van der Waals surface area contributed by atoms with E-state index in [4.69, 9.17) is 4.74 Å². The number of hydrogen-bond donors (Lipinski definition) is 2. The molecule has 1 heterocycles. The molecule has 27 heavy (non-hydrogen) atoms. The molecule has 0 aromatic heterocycles. The molecule has 1 amide bonds. The molecule has 0 spiro atoms. The highest BCUT2D eigenvalue weighted by atomic mass is 16.5. The van der Waals surface area contributed by atoms with Gasteiger partial charge in [0.15, 0.2) is 0 Å². The lowest BCUT2D eigenvalue weighted by molar-refractivity contribution is -0.123. The first kappa shape index (κ1) is 18.9. The van der Waals surface area contributed by atoms with Crippen LogP contribution in [0.3, 0.4) is 0 Å². The topological polar surface area (TPSA) is 53.6 Å². The maximum atomic E-state index is 12.9. The molecule has 1 aromatic carbocycles. The first-order valence-electron chi connectivity index (χ1n) is 10.7. The molecule has 1 atom stereocenters. The standard InChI is InChI=1S/C22H33N3O2/c26-21(24-19-9-10-19)20(18-7-3-1-4-8-18)23-17-22(11-5-2-6-12-22)25-13-15-27-16-14-25/h1,3-4,7-8,19-20,23H,2,5-6,9-17H2,(H,24,26)/t20-/m0/s1. The van der Waals surface area contributed by atoms with Gasteiger partial charge in [0, 0.05) is 31.2 Å². The molecule has 2 aliphatic carbocycles. The highest BCUT2D eigenvalue weighted by Gasteiger charge is 2.39. The predicted octanol–water partition coefficient (Wildman–Crippen LogP) is 2.63. The number of carbonyl (C=O) groups excluding carboxylic acids is 1. The second-order valence-corrected chi connectivity index (χ2v) is 8.39. The van der Waals surface area contributed by atoms with E-state index in [1.807, 2.05) is 18.2 Å². The Labute approximate surface area is 162 Å². The molecule has 3 fully saturated rings. The molecule has 5 heteroatoms. The fraction of sp³-hybridized carbons (Fsp3) is 0.682. The number of benzene rings is 1. The quantitative estimate of drug-likeness (QED) is 0.774. The lowest BCUT2D eigenvalue weighted by Crippen LogP contribution is -2.60. The zero-order valence-corrected chi connectivity index (χ0v) is 16.3. The number of ether oxygens (including phenoxy) is 1. The van der Waals surface area contributed by atoms with Gasteiger partial charge in [-0.1, -0.05) is 49.6 Å². The minimum atomic E-state index is -0.272. The second-order valence-electron chi connectivity index (χ2n) is 8.39. The van der Waals surface area contributed by atoms with Crippen molar-refractivity contribution in [2.75, 3.05) is 32.8 Å². The first-order valence-corrected chi connectivity index (χ1v) is 10.7. The van der Waals surface area contributed by atoms with Gasteiger partial charge < -0.3 is 15.4 Å². The van der Waals surface area contributed by atoms with E-state index in [9.17, 15) is 4.79 Å². The molecule has 5 nitrogen and oxygen atoms in total. The Morgan fingerprint density at radius 1 is 1.11 bits per heavy atom. The van der Waals surface area contributed by atoms with E-state index >= 15 is 0 Å². The summed E-state index contributed by atoms with van der Waals surface area (Å²) in [5.41, 5.74) is 1.22. The van der Waals surface area contributed by atoms with Crippen LogP contribution < -0.4 is 10.6 Å². The first-order chi connectivity index (χ1) is 13.3. The van der Waals surface area contributed by atoms with Crippen LogP contribution in [-0.2, 0) is 9.53 Å². The number of hydrogen-bond acceptors (Lipinski definition) is 4. The Balaban J connectivity index is 1.49. The van der Waals surface area contributed by atoms with Gasteiger partial charge in [0.25, 0.3) is 0 Å². The van der Waals surface area contributed by atoms with Crippen LogP contribution >= 0.6 is 0 Å². The monoisotopic (exact) mass is 371 g/mol. The molecule has 1 aromatic rings. The van der Waals surface area contributed by atoms with Gasteiger partial charge in [0.1, 0.15) is 6.04 Å². The SMILES string of the molecule is O=C(NC1CC1)[C@@H](NCC1(N2CCOCC2)CCCCC1)c1ccccc1. The minimum Gasteiger partial charge on any atom is -0.379 e. The molecule has 2 N–H and O–H groups in total. The molecule has 0 bridgehead atoms. The number of amides is 1. The zero-order chi connectivity index (χ0) is 18.5. The summed E-state index contributed by atoms with van der Waals surface area (Å²) < 4.78 is 5.59. The molecule has 4 rings (SSSR count). The molecule has 1 saturated heterocycles. The van der Waals surface area contributed by atoms with Gasteiger partial charge in [-0.15, -0.1) is 0 Å². The molecule has 2 saturated carbocycles. The van der Waals surface area contributed by atoms with E-state index in [0.29, 0.717) is 6.04 Å². The van der Waals surface area contributed by atoms with Crippen LogP contribution in [-0.4, -0.2) is 55.2 Å². The summed E-state index contributed by atoms with van der Waals surface area (Å²) in [6.07, 6.45) is 8.55. The largest absolute Gasteiger partial charge is 0.379 e. The second kappa shape index (κ2) is 8.72. The lowest BCUT2D eigenvalue weighted by Gasteiger charge is -2.48. The van der Waals surface area contributed by atoms with Crippen molar-refractivity contribution < 1.29 is 9.53 Å².